The molecule has 1 N–H and O–H groups in total. The number of methoxy groups -OCH3 is 1. The van der Waals surface area contributed by atoms with Crippen molar-refractivity contribution < 1.29 is 41.0 Å². The molecule has 0 radical (unpaired) electrons. The van der Waals surface area contributed by atoms with E-state index in [1.165, 1.54) is 33.1 Å². The van der Waals surface area contributed by atoms with Crippen LogP contribution < -0.4 is 13.8 Å². The number of fused-ring (bicyclic) bond motifs is 1. The van der Waals surface area contributed by atoms with E-state index in [1.54, 1.807) is 24.3 Å². The molecule has 0 spiro atoms. The van der Waals surface area contributed by atoms with Gasteiger partial charge in [0.2, 0.25) is 0 Å². The number of carboxylic acids is 1. The molecule has 4 rings (SSSR count). The highest BCUT2D eigenvalue weighted by Gasteiger charge is 2.40. The molecule has 3 aromatic rings. The first-order valence-electron chi connectivity index (χ1n) is 11.7. The average Bonchev–Trinajstić information content (AvgIpc) is 2.86. The normalized spacial score (nSPS) is 15.9. The summed E-state index contributed by atoms with van der Waals surface area (Å²) in [6.45, 7) is 2.65. The van der Waals surface area contributed by atoms with Gasteiger partial charge < -0.3 is 14.6 Å². The van der Waals surface area contributed by atoms with E-state index < -0.39 is 44.1 Å². The summed E-state index contributed by atoms with van der Waals surface area (Å²) in [5.41, 5.74) is -1.13. The number of carboxylic acid groups (broad SMARTS) is 1. The van der Waals surface area contributed by atoms with Gasteiger partial charge in [-0.05, 0) is 73.5 Å². The van der Waals surface area contributed by atoms with Gasteiger partial charge in [0, 0.05) is 11.4 Å². The Morgan fingerprint density at radius 2 is 1.82 bits per heavy atom. The number of alkyl halides is 3. The molecular formula is C27H25ClF3NO6S. The second-order valence-corrected chi connectivity index (χ2v) is 12.1. The van der Waals surface area contributed by atoms with E-state index >= 15 is 0 Å². The van der Waals surface area contributed by atoms with Crippen molar-refractivity contribution in [2.24, 2.45) is 5.41 Å². The highest BCUT2D eigenvalue weighted by atomic mass is 35.5. The maximum atomic E-state index is 13.8. The third-order valence-corrected chi connectivity index (χ3v) is 8.39. The monoisotopic (exact) mass is 583 g/mol. The van der Waals surface area contributed by atoms with E-state index in [0.29, 0.717) is 28.0 Å². The molecule has 0 amide bonds. The quantitative estimate of drug-likeness (QED) is 0.342. The maximum Gasteiger partial charge on any atom is 0.416 e. The summed E-state index contributed by atoms with van der Waals surface area (Å²) >= 11 is 6.21. The van der Waals surface area contributed by atoms with E-state index in [4.69, 9.17) is 21.1 Å². The van der Waals surface area contributed by atoms with Crippen molar-refractivity contribution in [3.05, 3.63) is 71.2 Å². The van der Waals surface area contributed by atoms with Crippen molar-refractivity contribution in [2.75, 3.05) is 18.0 Å². The van der Waals surface area contributed by atoms with Crippen LogP contribution in [0.1, 0.15) is 25.8 Å². The largest absolute Gasteiger partial charge is 0.497 e. The number of hydrogen-bond acceptors (Lipinski definition) is 5. The summed E-state index contributed by atoms with van der Waals surface area (Å²) in [6, 6.07) is 13.2. The van der Waals surface area contributed by atoms with Gasteiger partial charge >= 0.3 is 12.1 Å². The number of sulfonamides is 1. The molecule has 0 unspecified atom stereocenters. The molecule has 0 saturated carbocycles. The second-order valence-electron chi connectivity index (χ2n) is 9.76. The Labute approximate surface area is 228 Å². The van der Waals surface area contributed by atoms with Gasteiger partial charge in [-0.1, -0.05) is 23.7 Å². The molecule has 0 saturated heterocycles. The van der Waals surface area contributed by atoms with Crippen LogP contribution in [0.4, 0.5) is 18.9 Å². The minimum absolute atomic E-state index is 0.0520. The summed E-state index contributed by atoms with van der Waals surface area (Å²) in [5.74, 6) is -0.494. The Morgan fingerprint density at radius 3 is 2.46 bits per heavy atom. The zero-order chi connectivity index (χ0) is 28.8. The van der Waals surface area contributed by atoms with Gasteiger partial charge in [0.1, 0.15) is 17.6 Å². The molecule has 3 aromatic carbocycles. The number of aliphatic carboxylic acids is 1. The maximum absolute atomic E-state index is 13.8. The lowest BCUT2D eigenvalue weighted by molar-refractivity contribution is -0.148. The van der Waals surface area contributed by atoms with Crippen LogP contribution in [0.2, 0.25) is 5.02 Å². The number of ether oxygens (including phenoxy) is 2. The lowest BCUT2D eigenvalue weighted by Crippen LogP contribution is -2.46. The summed E-state index contributed by atoms with van der Waals surface area (Å²) in [7, 11) is -3.06. The van der Waals surface area contributed by atoms with Crippen LogP contribution in [0.3, 0.4) is 0 Å². The van der Waals surface area contributed by atoms with Crippen LogP contribution in [0.5, 0.6) is 11.5 Å². The van der Waals surface area contributed by atoms with E-state index in [0.717, 1.165) is 22.5 Å². The van der Waals surface area contributed by atoms with Crippen molar-refractivity contribution in [1.82, 2.24) is 0 Å². The Kier molecular flexibility index (Phi) is 7.52. The first-order chi connectivity index (χ1) is 18.1. The second kappa shape index (κ2) is 10.3. The van der Waals surface area contributed by atoms with Crippen LogP contribution in [-0.4, -0.2) is 39.3 Å². The zero-order valence-corrected chi connectivity index (χ0v) is 22.7. The number of hydrogen-bond donors (Lipinski definition) is 1. The van der Waals surface area contributed by atoms with Crippen molar-refractivity contribution in [1.29, 1.82) is 0 Å². The fraction of sp³-hybridized carbons (Fsp3) is 0.296. The Balaban J connectivity index is 1.85. The molecule has 208 valence electrons. The van der Waals surface area contributed by atoms with Crippen LogP contribution >= 0.6 is 11.6 Å². The first-order valence-corrected chi connectivity index (χ1v) is 13.5. The van der Waals surface area contributed by atoms with Crippen molar-refractivity contribution in [3.8, 4) is 22.6 Å². The lowest BCUT2D eigenvalue weighted by Gasteiger charge is -2.38. The van der Waals surface area contributed by atoms with Gasteiger partial charge in [-0.15, -0.1) is 0 Å². The van der Waals surface area contributed by atoms with Crippen LogP contribution in [0.15, 0.2) is 65.6 Å². The summed E-state index contributed by atoms with van der Waals surface area (Å²) < 4.78 is 80.1. The van der Waals surface area contributed by atoms with Gasteiger partial charge in [0.15, 0.2) is 0 Å². The smallest absolute Gasteiger partial charge is 0.416 e. The Morgan fingerprint density at radius 1 is 1.10 bits per heavy atom. The molecule has 0 aliphatic carbocycles. The van der Waals surface area contributed by atoms with Crippen LogP contribution in [-0.2, 0) is 21.0 Å². The van der Waals surface area contributed by atoms with E-state index in [1.807, 2.05) is 0 Å². The van der Waals surface area contributed by atoms with E-state index in [2.05, 4.69) is 0 Å². The molecule has 1 aliphatic rings. The highest BCUT2D eigenvalue weighted by molar-refractivity contribution is 7.92. The Bertz CT molecular complexity index is 1520. The number of carbonyl (C=O) groups is 1. The van der Waals surface area contributed by atoms with Crippen LogP contribution in [0, 0.1) is 5.41 Å². The predicted octanol–water partition coefficient (Wildman–Crippen LogP) is 6.49. The van der Waals surface area contributed by atoms with Gasteiger partial charge in [0.25, 0.3) is 10.0 Å². The third kappa shape index (κ3) is 5.94. The van der Waals surface area contributed by atoms with E-state index in [9.17, 15) is 31.5 Å². The fourth-order valence-corrected chi connectivity index (χ4v) is 6.06. The topological polar surface area (TPSA) is 93.1 Å². The molecule has 0 bridgehead atoms. The van der Waals surface area contributed by atoms with Crippen molar-refractivity contribution in [2.45, 2.75) is 37.4 Å². The van der Waals surface area contributed by atoms with Crippen molar-refractivity contribution in [3.63, 3.8) is 0 Å². The number of halogens is 4. The SMILES string of the molecule is COc1cc(Cl)cc(-c2ccc3c(c2)N(S(=O)(=O)c2cccc(C(F)(F)F)c2)C[C@H](CC(C)(C)C(=O)O)O3)c1. The molecule has 1 heterocycles. The summed E-state index contributed by atoms with van der Waals surface area (Å²) in [4.78, 5) is 11.2. The Hall–Kier alpha value is -3.44. The minimum atomic E-state index is -4.75. The highest BCUT2D eigenvalue weighted by Crippen LogP contribution is 2.43. The number of nitrogens with zero attached hydrogens (tertiary/aromatic N) is 1. The first kappa shape index (κ1) is 28.6. The molecule has 0 aromatic heterocycles. The fourth-order valence-electron chi connectivity index (χ4n) is 4.29. The molecule has 1 aliphatic heterocycles. The van der Waals surface area contributed by atoms with E-state index in [-0.39, 0.29) is 24.4 Å². The predicted molar refractivity (Wildman–Crippen MR) is 140 cm³/mol. The van der Waals surface area contributed by atoms with Gasteiger partial charge in [-0.25, -0.2) is 8.42 Å². The molecule has 12 heteroatoms. The van der Waals surface area contributed by atoms with Crippen LogP contribution in [0.25, 0.3) is 11.1 Å². The minimum Gasteiger partial charge on any atom is -0.497 e. The molecular weight excluding hydrogens is 559 g/mol. The number of benzene rings is 3. The standard InChI is InChI=1S/C27H25ClF3NO6S/c1-26(2,25(33)34)14-21-15-32(39(35,36)22-6-4-5-18(12-22)27(29,30)31)23-11-16(7-8-24(23)38-21)17-9-19(28)13-20(10-17)37-3/h4-13,21H,14-15H2,1-3H3,(H,33,34)/t21-/m0/s1. The number of rotatable bonds is 7. The summed E-state index contributed by atoms with van der Waals surface area (Å²) in [6.07, 6.45) is -5.69. The molecule has 1 atom stereocenters. The average molecular weight is 584 g/mol. The molecule has 39 heavy (non-hydrogen) atoms. The number of anilines is 1. The van der Waals surface area contributed by atoms with Crippen molar-refractivity contribution >= 4 is 33.3 Å². The summed E-state index contributed by atoms with van der Waals surface area (Å²) in [5, 5.41) is 9.97. The van der Waals surface area contributed by atoms with Gasteiger partial charge in [0.05, 0.1) is 35.2 Å². The molecule has 7 nitrogen and oxygen atoms in total. The lowest BCUT2D eigenvalue weighted by atomic mass is 9.86. The molecule has 0 fully saturated rings. The van der Waals surface area contributed by atoms with Gasteiger partial charge in [-0.3, -0.25) is 9.10 Å². The van der Waals surface area contributed by atoms with Gasteiger partial charge in [-0.2, -0.15) is 13.2 Å². The zero-order valence-electron chi connectivity index (χ0n) is 21.1. The third-order valence-electron chi connectivity index (χ3n) is 6.40.